The van der Waals surface area contributed by atoms with Crippen molar-refractivity contribution in [3.63, 3.8) is 0 Å². The molecule has 0 bridgehead atoms. The molecule has 1 amide bonds. The summed E-state index contributed by atoms with van der Waals surface area (Å²) < 4.78 is 1.72. The van der Waals surface area contributed by atoms with E-state index in [0.717, 1.165) is 16.1 Å². The molecule has 0 aromatic carbocycles. The zero-order valence-corrected chi connectivity index (χ0v) is 14.7. The Morgan fingerprint density at radius 1 is 1.38 bits per heavy atom. The molecule has 0 atom stereocenters. The topological polar surface area (TPSA) is 63.9 Å². The van der Waals surface area contributed by atoms with Crippen LogP contribution in [0.1, 0.15) is 29.9 Å². The maximum atomic E-state index is 12.9. The standard InChI is InChI=1S/C17H19N5OS/c1-12(2)22(9-13-5-4-6-18-7-13)17(23)15-11-24-16(20-15)14-8-19-21(3)10-14/h4-8,10-12H,9H2,1-3H3. The van der Waals surface area contributed by atoms with Gasteiger partial charge in [0.2, 0.25) is 0 Å². The van der Waals surface area contributed by atoms with Crippen LogP contribution in [0, 0.1) is 0 Å². The summed E-state index contributed by atoms with van der Waals surface area (Å²) in [6.07, 6.45) is 7.16. The van der Waals surface area contributed by atoms with E-state index in [2.05, 4.69) is 15.1 Å². The van der Waals surface area contributed by atoms with Crippen molar-refractivity contribution in [3.05, 3.63) is 53.6 Å². The minimum absolute atomic E-state index is 0.0692. The second-order valence-corrected chi connectivity index (χ2v) is 6.69. The number of hydrogen-bond donors (Lipinski definition) is 0. The Morgan fingerprint density at radius 3 is 2.83 bits per heavy atom. The monoisotopic (exact) mass is 341 g/mol. The van der Waals surface area contributed by atoms with Gasteiger partial charge in [0.25, 0.3) is 5.91 Å². The van der Waals surface area contributed by atoms with Crippen molar-refractivity contribution in [2.45, 2.75) is 26.4 Å². The summed E-state index contributed by atoms with van der Waals surface area (Å²) in [7, 11) is 1.86. The van der Waals surface area contributed by atoms with E-state index in [0.29, 0.717) is 12.2 Å². The summed E-state index contributed by atoms with van der Waals surface area (Å²) >= 11 is 1.46. The Bertz CT molecular complexity index is 824. The van der Waals surface area contributed by atoms with Gasteiger partial charge in [-0.2, -0.15) is 5.10 Å². The highest BCUT2D eigenvalue weighted by atomic mass is 32.1. The Balaban J connectivity index is 1.82. The first-order valence-corrected chi connectivity index (χ1v) is 8.57. The molecule has 0 aliphatic carbocycles. The highest BCUT2D eigenvalue weighted by molar-refractivity contribution is 7.13. The Morgan fingerprint density at radius 2 is 2.21 bits per heavy atom. The van der Waals surface area contributed by atoms with Crippen LogP contribution in [0.2, 0.25) is 0 Å². The molecule has 3 heterocycles. The summed E-state index contributed by atoms with van der Waals surface area (Å²) in [5.74, 6) is -0.0692. The van der Waals surface area contributed by atoms with Crippen LogP contribution in [-0.2, 0) is 13.6 Å². The van der Waals surface area contributed by atoms with Crippen LogP contribution in [0.3, 0.4) is 0 Å². The van der Waals surface area contributed by atoms with Gasteiger partial charge in [-0.1, -0.05) is 6.07 Å². The third-order valence-electron chi connectivity index (χ3n) is 3.64. The van der Waals surface area contributed by atoms with E-state index < -0.39 is 0 Å². The van der Waals surface area contributed by atoms with Crippen LogP contribution in [0.4, 0.5) is 0 Å². The van der Waals surface area contributed by atoms with Crippen LogP contribution in [0.15, 0.2) is 42.3 Å². The van der Waals surface area contributed by atoms with Crippen LogP contribution in [0.5, 0.6) is 0 Å². The minimum atomic E-state index is -0.0692. The van der Waals surface area contributed by atoms with Crippen molar-refractivity contribution >= 4 is 17.2 Å². The SMILES string of the molecule is CC(C)N(Cc1cccnc1)C(=O)c1csc(-c2cnn(C)c2)n1. The van der Waals surface area contributed by atoms with E-state index in [-0.39, 0.29) is 11.9 Å². The highest BCUT2D eigenvalue weighted by Crippen LogP contribution is 2.24. The fourth-order valence-electron chi connectivity index (χ4n) is 2.36. The maximum Gasteiger partial charge on any atom is 0.273 e. The van der Waals surface area contributed by atoms with Crippen molar-refractivity contribution in [2.24, 2.45) is 7.05 Å². The average molecular weight is 341 g/mol. The predicted molar refractivity (Wildman–Crippen MR) is 93.6 cm³/mol. The molecule has 0 aliphatic heterocycles. The van der Waals surface area contributed by atoms with Gasteiger partial charge in [0.05, 0.1) is 6.20 Å². The lowest BCUT2D eigenvalue weighted by Crippen LogP contribution is -2.36. The number of rotatable bonds is 5. The number of pyridine rings is 1. The van der Waals surface area contributed by atoms with Crippen LogP contribution >= 0.6 is 11.3 Å². The number of nitrogens with zero attached hydrogens (tertiary/aromatic N) is 5. The molecule has 3 rings (SSSR count). The number of carbonyl (C=O) groups is 1. The van der Waals surface area contributed by atoms with Crippen molar-refractivity contribution in [1.82, 2.24) is 24.6 Å². The molecule has 3 aromatic rings. The van der Waals surface area contributed by atoms with Crippen molar-refractivity contribution in [2.75, 3.05) is 0 Å². The summed E-state index contributed by atoms with van der Waals surface area (Å²) in [6, 6.07) is 3.92. The average Bonchev–Trinajstić information content (AvgIpc) is 3.21. The van der Waals surface area contributed by atoms with Crippen molar-refractivity contribution in [1.29, 1.82) is 0 Å². The molecule has 0 saturated carbocycles. The largest absolute Gasteiger partial charge is 0.330 e. The Labute approximate surface area is 144 Å². The third-order valence-corrected chi connectivity index (χ3v) is 4.53. The number of aromatic nitrogens is 4. The second-order valence-electron chi connectivity index (χ2n) is 5.83. The second kappa shape index (κ2) is 6.92. The first kappa shape index (κ1) is 16.3. The highest BCUT2D eigenvalue weighted by Gasteiger charge is 2.22. The van der Waals surface area contributed by atoms with E-state index >= 15 is 0 Å². The van der Waals surface area contributed by atoms with Crippen LogP contribution < -0.4 is 0 Å². The van der Waals surface area contributed by atoms with Gasteiger partial charge >= 0.3 is 0 Å². The van der Waals surface area contributed by atoms with Gasteiger partial charge in [-0.3, -0.25) is 14.5 Å². The quantitative estimate of drug-likeness (QED) is 0.716. The van der Waals surface area contributed by atoms with E-state index in [1.807, 2.05) is 44.6 Å². The van der Waals surface area contributed by atoms with Gasteiger partial charge < -0.3 is 4.90 Å². The third kappa shape index (κ3) is 3.51. The number of thiazole rings is 1. The molecule has 0 N–H and O–H groups in total. The summed E-state index contributed by atoms with van der Waals surface area (Å²) in [5.41, 5.74) is 2.39. The summed E-state index contributed by atoms with van der Waals surface area (Å²) in [6.45, 7) is 4.52. The lowest BCUT2D eigenvalue weighted by molar-refractivity contribution is 0.0685. The molecule has 0 radical (unpaired) electrons. The molecule has 7 heteroatoms. The maximum absolute atomic E-state index is 12.9. The van der Waals surface area contributed by atoms with Gasteiger partial charge in [0, 0.05) is 49.2 Å². The molecular weight excluding hydrogens is 322 g/mol. The van der Waals surface area contributed by atoms with Gasteiger partial charge in [-0.05, 0) is 25.5 Å². The summed E-state index contributed by atoms with van der Waals surface area (Å²) in [4.78, 5) is 23.3. The smallest absolute Gasteiger partial charge is 0.273 e. The van der Waals surface area contributed by atoms with Gasteiger partial charge in [0.15, 0.2) is 0 Å². The number of carbonyl (C=O) groups excluding carboxylic acids is 1. The van der Waals surface area contributed by atoms with Crippen molar-refractivity contribution < 1.29 is 4.79 Å². The Hall–Kier alpha value is -2.54. The fourth-order valence-corrected chi connectivity index (χ4v) is 3.13. The lowest BCUT2D eigenvalue weighted by atomic mass is 10.2. The Kier molecular flexibility index (Phi) is 4.71. The zero-order valence-electron chi connectivity index (χ0n) is 13.9. The van der Waals surface area contributed by atoms with Crippen LogP contribution in [0.25, 0.3) is 10.6 Å². The molecule has 6 nitrogen and oxygen atoms in total. The van der Waals surface area contributed by atoms with Crippen LogP contribution in [-0.4, -0.2) is 36.6 Å². The molecule has 0 aliphatic rings. The molecule has 24 heavy (non-hydrogen) atoms. The van der Waals surface area contributed by atoms with Gasteiger partial charge in [-0.15, -0.1) is 11.3 Å². The van der Waals surface area contributed by atoms with E-state index in [4.69, 9.17) is 0 Å². The van der Waals surface area contributed by atoms with Gasteiger partial charge in [0.1, 0.15) is 10.7 Å². The number of aryl methyl sites for hydroxylation is 1. The minimum Gasteiger partial charge on any atom is -0.330 e. The van der Waals surface area contributed by atoms with Gasteiger partial charge in [-0.25, -0.2) is 4.98 Å². The lowest BCUT2D eigenvalue weighted by Gasteiger charge is -2.26. The van der Waals surface area contributed by atoms with E-state index in [1.54, 1.807) is 28.2 Å². The molecular formula is C17H19N5OS. The normalized spacial score (nSPS) is 11.0. The summed E-state index contributed by atoms with van der Waals surface area (Å²) in [5, 5.41) is 6.76. The van der Waals surface area contributed by atoms with Crippen molar-refractivity contribution in [3.8, 4) is 10.6 Å². The van der Waals surface area contributed by atoms with E-state index in [9.17, 15) is 4.79 Å². The molecule has 0 unspecified atom stereocenters. The molecule has 0 saturated heterocycles. The van der Waals surface area contributed by atoms with E-state index in [1.165, 1.54) is 11.3 Å². The molecule has 0 spiro atoms. The predicted octanol–water partition coefficient (Wildman–Crippen LogP) is 2.99. The molecule has 0 fully saturated rings. The molecule has 124 valence electrons. The number of hydrogen-bond acceptors (Lipinski definition) is 5. The first-order chi connectivity index (χ1) is 11.5. The zero-order chi connectivity index (χ0) is 17.1. The first-order valence-electron chi connectivity index (χ1n) is 7.69. The fraction of sp³-hybridized carbons (Fsp3) is 0.294. The molecule has 3 aromatic heterocycles. The number of amides is 1.